The summed E-state index contributed by atoms with van der Waals surface area (Å²) in [5, 5.41) is 10.3. The van der Waals surface area contributed by atoms with Crippen molar-refractivity contribution in [2.75, 3.05) is 32.3 Å². The van der Waals surface area contributed by atoms with Crippen molar-refractivity contribution in [1.82, 2.24) is 46.8 Å². The molecule has 0 saturated carbocycles. The first-order chi connectivity index (χ1) is 36.3. The summed E-state index contributed by atoms with van der Waals surface area (Å²) in [6.07, 6.45) is 8.00. The molecule has 4 rings (SSSR count). The highest BCUT2D eigenvalue weighted by Crippen LogP contribution is 2.28. The lowest BCUT2D eigenvalue weighted by Crippen LogP contribution is -2.60. The van der Waals surface area contributed by atoms with Gasteiger partial charge in [0.05, 0.1) is 7.41 Å². The Morgan fingerprint density at radius 3 is 1.56 bits per heavy atom. The SMILES string of the molecule is C[C@H](NC(=O)[C@@H](N)Cc1cccnc1)C(=O)N1CCC[C@@H](C(=O)OCC(Cl)(Cl)Cl)N1.C[C@H](NC(=O)[C@H](Cc1cccnc1)NC(=O)OC(C)(C)C)C(=O)N1CCC[C@@H](C(=O)OCC(Cl)(Cl)Cl)N1.[3H]C(F)S(=O)S(=O)(=O)C(F)(F)F. The van der Waals surface area contributed by atoms with Crippen molar-refractivity contribution in [2.45, 2.75) is 128 Å². The fraction of sp³-hybridized carbons (Fsp3) is 0.605. The normalized spacial score (nSPS) is 18.6. The third-order valence-corrected chi connectivity index (χ3v) is 13.8. The van der Waals surface area contributed by atoms with Gasteiger partial charge in [-0.2, -0.15) is 13.2 Å². The van der Waals surface area contributed by atoms with Crippen molar-refractivity contribution < 1.29 is 79.3 Å². The summed E-state index contributed by atoms with van der Waals surface area (Å²) in [5.74, 6) is -6.55. The van der Waals surface area contributed by atoms with Gasteiger partial charge >= 0.3 is 32.4 Å². The first-order valence-electron chi connectivity index (χ1n) is 23.4. The highest BCUT2D eigenvalue weighted by molar-refractivity contribution is 8.64. The molecule has 2 saturated heterocycles. The Hall–Kier alpha value is -4.17. The topological polar surface area (TPSA) is 317 Å². The zero-order chi connectivity index (χ0) is 60.3. The van der Waals surface area contributed by atoms with E-state index in [4.69, 9.17) is 90.9 Å². The molecule has 0 spiro atoms. The van der Waals surface area contributed by atoms with E-state index in [1.807, 2.05) is 6.07 Å². The van der Waals surface area contributed by atoms with Crippen LogP contribution in [0.4, 0.5) is 22.4 Å². The molecule has 2 aliphatic rings. The minimum Gasteiger partial charge on any atom is -0.460 e. The fourth-order valence-electron chi connectivity index (χ4n) is 6.38. The van der Waals surface area contributed by atoms with Gasteiger partial charge in [-0.3, -0.25) is 48.8 Å². The molecule has 2 aromatic heterocycles. The van der Waals surface area contributed by atoms with Gasteiger partial charge in [0.15, 0.2) is 15.8 Å². The lowest BCUT2D eigenvalue weighted by molar-refractivity contribution is -0.154. The van der Waals surface area contributed by atoms with Crippen LogP contribution in [-0.4, -0.2) is 162 Å². The fourth-order valence-corrected chi connectivity index (χ4v) is 7.84. The number of aromatic nitrogens is 2. The number of nitrogens with one attached hydrogen (secondary N) is 5. The largest absolute Gasteiger partial charge is 0.509 e. The maximum atomic E-state index is 13.1. The van der Waals surface area contributed by atoms with Gasteiger partial charge in [0.25, 0.3) is 11.8 Å². The molecule has 2 aliphatic heterocycles. The summed E-state index contributed by atoms with van der Waals surface area (Å²) in [4.78, 5) is 95.9. The van der Waals surface area contributed by atoms with Gasteiger partial charge in [0.2, 0.25) is 19.4 Å². The number of nitrogens with two attached hydrogens (primary N) is 1. The number of amides is 5. The number of alkyl halides is 10. The second-order valence-electron chi connectivity index (χ2n) is 17.7. The van der Waals surface area contributed by atoms with Crippen LogP contribution in [0, 0.1) is 0 Å². The van der Waals surface area contributed by atoms with Crippen molar-refractivity contribution in [2.24, 2.45) is 5.73 Å². The number of carbonyl (C=O) groups excluding carboxylic acids is 7. The molecule has 4 heterocycles. The number of esters is 2. The van der Waals surface area contributed by atoms with Crippen molar-refractivity contribution in [3.05, 3.63) is 60.2 Å². The van der Waals surface area contributed by atoms with Crippen LogP contribution >= 0.6 is 69.6 Å². The van der Waals surface area contributed by atoms with Gasteiger partial charge in [-0.15, -0.1) is 0 Å². The average Bonchev–Trinajstić information content (AvgIpc) is 3.36. The summed E-state index contributed by atoms with van der Waals surface area (Å²) in [6, 6.07) is 1.77. The predicted molar refractivity (Wildman–Crippen MR) is 280 cm³/mol. The summed E-state index contributed by atoms with van der Waals surface area (Å²) in [5.41, 5.74) is 6.50. The quantitative estimate of drug-likeness (QED) is 0.0431. The number of nitrogens with zero attached hydrogens (tertiary/aromatic N) is 4. The molecule has 440 valence electrons. The van der Waals surface area contributed by atoms with E-state index in [-0.39, 0.29) is 6.42 Å². The molecule has 0 bridgehead atoms. The number of hydrogen-bond acceptors (Lipinski definition) is 18. The highest BCUT2D eigenvalue weighted by Gasteiger charge is 2.50. The zero-order valence-corrected chi connectivity index (χ0v) is 48.2. The molecule has 0 radical (unpaired) electrons. The number of rotatable bonds is 17. The molecule has 35 heteroatoms. The lowest BCUT2D eigenvalue weighted by atomic mass is 10.1. The van der Waals surface area contributed by atoms with Crippen molar-refractivity contribution in [3.63, 3.8) is 0 Å². The second-order valence-corrected chi connectivity index (χ2v) is 27.1. The number of ether oxygens (including phenoxy) is 3. The van der Waals surface area contributed by atoms with E-state index in [9.17, 15) is 63.8 Å². The van der Waals surface area contributed by atoms with Gasteiger partial charge in [-0.05, 0) is 90.0 Å². The predicted octanol–water partition coefficient (Wildman–Crippen LogP) is 3.81. The first kappa shape index (κ1) is 68.1. The molecular formula is C43H58Cl6F4N10O13S2. The van der Waals surface area contributed by atoms with E-state index >= 15 is 0 Å². The van der Waals surface area contributed by atoms with Crippen LogP contribution in [0.5, 0.6) is 0 Å². The van der Waals surface area contributed by atoms with Gasteiger partial charge in [0, 0.05) is 44.3 Å². The summed E-state index contributed by atoms with van der Waals surface area (Å²) < 4.78 is 93.6. The van der Waals surface area contributed by atoms with Gasteiger partial charge in [0.1, 0.15) is 49.0 Å². The van der Waals surface area contributed by atoms with Crippen LogP contribution in [0.3, 0.4) is 0 Å². The van der Waals surface area contributed by atoms with Crippen LogP contribution in [0.15, 0.2) is 49.1 Å². The number of hydrazine groups is 2. The zero-order valence-electron chi connectivity index (χ0n) is 43.0. The number of carbonyl (C=O) groups is 7. The van der Waals surface area contributed by atoms with Crippen LogP contribution in [0.2, 0.25) is 0 Å². The van der Waals surface area contributed by atoms with Crippen molar-refractivity contribution in [1.29, 1.82) is 0 Å². The van der Waals surface area contributed by atoms with Gasteiger partial charge in [-0.1, -0.05) is 81.7 Å². The van der Waals surface area contributed by atoms with Gasteiger partial charge in [-0.25, -0.2) is 32.7 Å². The molecule has 7 N–H and O–H groups in total. The maximum absolute atomic E-state index is 13.1. The molecule has 5 amide bonds. The second kappa shape index (κ2) is 31.7. The van der Waals surface area contributed by atoms with Crippen LogP contribution in [0.25, 0.3) is 0 Å². The Labute approximate surface area is 479 Å². The monoisotopic (exact) mass is 1270 g/mol. The molecule has 2 aromatic rings. The minimum atomic E-state index is -6.07. The summed E-state index contributed by atoms with van der Waals surface area (Å²) in [6.45, 7) is 8.01. The van der Waals surface area contributed by atoms with Gasteiger partial charge < -0.3 is 35.9 Å². The molecular weight excluding hydrogens is 1220 g/mol. The number of pyridine rings is 2. The van der Waals surface area contributed by atoms with Crippen molar-refractivity contribution >= 4 is 130 Å². The molecule has 0 aliphatic carbocycles. The number of alkyl carbamates (subject to hydrolysis) is 1. The Bertz CT molecular complexity index is 2510. The van der Waals surface area contributed by atoms with E-state index in [0.29, 0.717) is 50.8 Å². The van der Waals surface area contributed by atoms with E-state index in [1.165, 1.54) is 16.9 Å². The molecule has 2 unspecified atom stereocenters. The smallest absolute Gasteiger partial charge is 0.460 e. The Morgan fingerprint density at radius 2 is 1.21 bits per heavy atom. The highest BCUT2D eigenvalue weighted by atomic mass is 35.6. The van der Waals surface area contributed by atoms with E-state index < -0.39 is 135 Å². The average molecular weight is 1280 g/mol. The Kier molecular flexibility index (Phi) is 27.7. The van der Waals surface area contributed by atoms with E-state index in [0.717, 1.165) is 5.56 Å². The Morgan fingerprint density at radius 1 is 0.782 bits per heavy atom. The first-order valence-corrected chi connectivity index (χ1v) is 28.3. The summed E-state index contributed by atoms with van der Waals surface area (Å²) in [7, 11) is -9.97. The third-order valence-electron chi connectivity index (χ3n) is 9.95. The molecule has 0 aromatic carbocycles. The summed E-state index contributed by atoms with van der Waals surface area (Å²) >= 11 is 33.6. The van der Waals surface area contributed by atoms with Crippen LogP contribution in [0.1, 0.15) is 72.8 Å². The number of hydrogen-bond donors (Lipinski definition) is 6. The standard InChI is InChI=1S/C23H32Cl3N5O6.C18H24Cl3N5O4.C2H2F4O3S2/c1-14(19(33)31-10-6-8-16(30-31)20(34)36-13-23(24,25)26)28-18(32)17(11-15-7-5-9-27-12-15)29-21(35)37-22(2,3)4;1-11(24-15(27)13(22)8-12-4-2-6-23-9-12)16(28)26-7-3-5-14(25-26)17(29)30-10-18(19,20)21;3-1-10(7)11(8,9)2(4,5)6/h5,7,9,12,14,16-17,30H,6,8,10-11,13H2,1-4H3,(H,28,32)(H,29,35);2,4,6,9,11,13-14,25H,3,5,7-8,10,22H2,1H3,(H,24,27);1H2/t14-,16-,17-;11-,13-,14-;/m00./s1/i;;1T. The molecule has 78 heavy (non-hydrogen) atoms. The van der Waals surface area contributed by atoms with E-state index in [2.05, 4.69) is 36.8 Å². The van der Waals surface area contributed by atoms with E-state index in [1.54, 1.807) is 70.7 Å². The third kappa shape index (κ3) is 26.0. The minimum absolute atomic E-state index is 0.124. The Balaban J connectivity index is 0.000000454. The molecule has 8 atom stereocenters. The van der Waals surface area contributed by atoms with Crippen molar-refractivity contribution in [3.8, 4) is 0 Å². The maximum Gasteiger partial charge on any atom is 0.509 e. The molecule has 23 nitrogen and oxygen atoms in total. The molecule has 2 fully saturated rings. The number of halogens is 10. The van der Waals surface area contributed by atoms with Crippen LogP contribution in [-0.2, 0) is 74.5 Å². The van der Waals surface area contributed by atoms with Crippen LogP contribution < -0.4 is 32.5 Å². The lowest BCUT2D eigenvalue weighted by Gasteiger charge is -2.34.